The Bertz CT molecular complexity index is 718. The van der Waals surface area contributed by atoms with E-state index in [1.807, 2.05) is 19.3 Å². The number of aromatic nitrogens is 3. The second-order valence-electron chi connectivity index (χ2n) is 6.37. The molecule has 2 aliphatic heterocycles. The van der Waals surface area contributed by atoms with Crippen molar-refractivity contribution in [3.05, 3.63) is 35.7 Å². The van der Waals surface area contributed by atoms with Gasteiger partial charge in [0.25, 0.3) is 0 Å². The number of benzene rings is 1. The van der Waals surface area contributed by atoms with Crippen LogP contribution in [-0.2, 0) is 18.3 Å². The lowest BCUT2D eigenvalue weighted by atomic mass is 10.0. The molecule has 24 heavy (non-hydrogen) atoms. The van der Waals surface area contributed by atoms with Crippen molar-refractivity contribution >= 4 is 0 Å². The number of hydrogen-bond donors (Lipinski definition) is 0. The van der Waals surface area contributed by atoms with Crippen LogP contribution < -0.4 is 9.47 Å². The number of aryl methyl sites for hydroxylation is 1. The minimum absolute atomic E-state index is 0.138. The highest BCUT2D eigenvalue weighted by Crippen LogP contribution is 2.33. The maximum atomic E-state index is 5.68. The SMILES string of the molecule is CO[C@@H]1CN(Cc2ccc3c(c2)OCCO3)C[C@H]1c1cn(C)nn1. The fourth-order valence-electron chi connectivity index (χ4n) is 3.48. The molecular weight excluding hydrogens is 308 g/mol. The number of rotatable bonds is 4. The molecule has 0 radical (unpaired) electrons. The molecule has 4 rings (SSSR count). The van der Waals surface area contributed by atoms with E-state index in [2.05, 4.69) is 27.3 Å². The van der Waals surface area contributed by atoms with Crippen LogP contribution in [0.3, 0.4) is 0 Å². The molecule has 1 aromatic carbocycles. The molecule has 3 heterocycles. The molecule has 1 saturated heterocycles. The average molecular weight is 330 g/mol. The molecule has 2 atom stereocenters. The molecule has 2 aromatic rings. The summed E-state index contributed by atoms with van der Waals surface area (Å²) < 4.78 is 18.7. The van der Waals surface area contributed by atoms with Gasteiger partial charge in [0.2, 0.25) is 0 Å². The van der Waals surface area contributed by atoms with E-state index in [9.17, 15) is 0 Å². The Labute approximate surface area is 141 Å². The summed E-state index contributed by atoms with van der Waals surface area (Å²) in [4.78, 5) is 2.39. The first kappa shape index (κ1) is 15.4. The third kappa shape index (κ3) is 2.97. The molecule has 128 valence electrons. The maximum Gasteiger partial charge on any atom is 0.161 e. The predicted molar refractivity (Wildman–Crippen MR) is 87.3 cm³/mol. The number of hydrogen-bond acceptors (Lipinski definition) is 6. The summed E-state index contributed by atoms with van der Waals surface area (Å²) in [6, 6.07) is 6.17. The third-order valence-electron chi connectivity index (χ3n) is 4.66. The average Bonchev–Trinajstić information content (AvgIpc) is 3.20. The highest BCUT2D eigenvalue weighted by atomic mass is 16.6. The van der Waals surface area contributed by atoms with Gasteiger partial charge in [-0.05, 0) is 17.7 Å². The van der Waals surface area contributed by atoms with Crippen LogP contribution in [0.2, 0.25) is 0 Å². The van der Waals surface area contributed by atoms with Crippen molar-refractivity contribution in [2.24, 2.45) is 7.05 Å². The second kappa shape index (κ2) is 6.41. The summed E-state index contributed by atoms with van der Waals surface area (Å²) in [6.07, 6.45) is 2.11. The van der Waals surface area contributed by atoms with E-state index >= 15 is 0 Å². The third-order valence-corrected chi connectivity index (χ3v) is 4.66. The Morgan fingerprint density at radius 2 is 2.04 bits per heavy atom. The van der Waals surface area contributed by atoms with Crippen molar-refractivity contribution in [1.82, 2.24) is 19.9 Å². The number of nitrogens with zero attached hydrogens (tertiary/aromatic N) is 4. The molecule has 1 aromatic heterocycles. The first-order chi connectivity index (χ1) is 11.7. The van der Waals surface area contributed by atoms with E-state index in [-0.39, 0.29) is 12.0 Å². The van der Waals surface area contributed by atoms with Gasteiger partial charge in [-0.2, -0.15) is 0 Å². The van der Waals surface area contributed by atoms with Crippen molar-refractivity contribution in [3.8, 4) is 11.5 Å². The van der Waals surface area contributed by atoms with Crippen LogP contribution in [0.25, 0.3) is 0 Å². The van der Waals surface area contributed by atoms with Gasteiger partial charge in [-0.15, -0.1) is 5.10 Å². The first-order valence-electron chi connectivity index (χ1n) is 8.23. The number of fused-ring (bicyclic) bond motifs is 1. The van der Waals surface area contributed by atoms with Gasteiger partial charge >= 0.3 is 0 Å². The summed E-state index contributed by atoms with van der Waals surface area (Å²) in [5, 5.41) is 8.31. The van der Waals surface area contributed by atoms with Crippen LogP contribution in [0.15, 0.2) is 24.4 Å². The van der Waals surface area contributed by atoms with Crippen molar-refractivity contribution in [3.63, 3.8) is 0 Å². The van der Waals surface area contributed by atoms with Gasteiger partial charge in [0.15, 0.2) is 11.5 Å². The van der Waals surface area contributed by atoms with E-state index in [4.69, 9.17) is 14.2 Å². The van der Waals surface area contributed by atoms with Gasteiger partial charge in [-0.1, -0.05) is 11.3 Å². The first-order valence-corrected chi connectivity index (χ1v) is 8.23. The lowest BCUT2D eigenvalue weighted by Crippen LogP contribution is -2.23. The highest BCUT2D eigenvalue weighted by Gasteiger charge is 2.35. The second-order valence-corrected chi connectivity index (χ2v) is 6.37. The molecule has 0 aliphatic carbocycles. The summed E-state index contributed by atoms with van der Waals surface area (Å²) in [7, 11) is 3.65. The zero-order valence-corrected chi connectivity index (χ0v) is 14.0. The lowest BCUT2D eigenvalue weighted by Gasteiger charge is -2.20. The fourth-order valence-corrected chi connectivity index (χ4v) is 3.48. The van der Waals surface area contributed by atoms with Crippen LogP contribution in [0.4, 0.5) is 0 Å². The van der Waals surface area contributed by atoms with E-state index in [1.165, 1.54) is 5.56 Å². The van der Waals surface area contributed by atoms with Gasteiger partial charge in [0.05, 0.1) is 11.8 Å². The van der Waals surface area contributed by atoms with Crippen LogP contribution in [0.5, 0.6) is 11.5 Å². The summed E-state index contributed by atoms with van der Waals surface area (Å²) in [6.45, 7) is 3.87. The Hall–Kier alpha value is -2.12. The van der Waals surface area contributed by atoms with Gasteiger partial charge in [0, 0.05) is 45.9 Å². The van der Waals surface area contributed by atoms with Gasteiger partial charge in [-0.3, -0.25) is 9.58 Å². The van der Waals surface area contributed by atoms with Gasteiger partial charge < -0.3 is 14.2 Å². The maximum absolute atomic E-state index is 5.68. The van der Waals surface area contributed by atoms with Crippen molar-refractivity contribution in [1.29, 1.82) is 0 Å². The van der Waals surface area contributed by atoms with Crippen molar-refractivity contribution < 1.29 is 14.2 Å². The molecule has 7 heteroatoms. The molecule has 0 spiro atoms. The summed E-state index contributed by atoms with van der Waals surface area (Å²) in [5.41, 5.74) is 2.21. The van der Waals surface area contributed by atoms with Crippen LogP contribution in [0, 0.1) is 0 Å². The number of ether oxygens (including phenoxy) is 3. The zero-order chi connectivity index (χ0) is 16.5. The van der Waals surface area contributed by atoms with E-state index in [0.29, 0.717) is 13.2 Å². The minimum atomic E-state index is 0.138. The van der Waals surface area contributed by atoms with E-state index in [0.717, 1.165) is 36.8 Å². The van der Waals surface area contributed by atoms with Crippen LogP contribution >= 0.6 is 0 Å². The molecule has 7 nitrogen and oxygen atoms in total. The van der Waals surface area contributed by atoms with Gasteiger partial charge in [-0.25, -0.2) is 0 Å². The number of methoxy groups -OCH3 is 1. The molecule has 0 unspecified atom stereocenters. The summed E-state index contributed by atoms with van der Waals surface area (Å²) >= 11 is 0. The fraction of sp³-hybridized carbons (Fsp3) is 0.529. The normalized spacial score (nSPS) is 23.6. The minimum Gasteiger partial charge on any atom is -0.486 e. The van der Waals surface area contributed by atoms with Gasteiger partial charge in [0.1, 0.15) is 13.2 Å². The van der Waals surface area contributed by atoms with E-state index in [1.54, 1.807) is 11.8 Å². The smallest absolute Gasteiger partial charge is 0.161 e. The Morgan fingerprint density at radius 3 is 2.79 bits per heavy atom. The largest absolute Gasteiger partial charge is 0.486 e. The number of likely N-dealkylation sites (tertiary alicyclic amines) is 1. The topological polar surface area (TPSA) is 61.6 Å². The zero-order valence-electron chi connectivity index (χ0n) is 14.0. The molecular formula is C17H22N4O3. The molecule has 2 aliphatic rings. The quantitative estimate of drug-likeness (QED) is 0.839. The Balaban J connectivity index is 1.47. The Kier molecular flexibility index (Phi) is 4.12. The molecule has 0 bridgehead atoms. The lowest BCUT2D eigenvalue weighted by molar-refractivity contribution is 0.0957. The molecule has 0 amide bonds. The monoisotopic (exact) mass is 330 g/mol. The highest BCUT2D eigenvalue weighted by molar-refractivity contribution is 5.43. The summed E-state index contributed by atoms with van der Waals surface area (Å²) in [5.74, 6) is 1.92. The Morgan fingerprint density at radius 1 is 1.21 bits per heavy atom. The molecule has 0 saturated carbocycles. The van der Waals surface area contributed by atoms with E-state index < -0.39 is 0 Å². The van der Waals surface area contributed by atoms with Crippen LogP contribution in [-0.4, -0.2) is 59.4 Å². The molecule has 1 fully saturated rings. The molecule has 0 N–H and O–H groups in total. The van der Waals surface area contributed by atoms with Crippen molar-refractivity contribution in [2.45, 2.75) is 18.6 Å². The standard InChI is InChI=1S/C17H22N4O3/c1-20-10-14(18-19-20)13-9-21(11-17(13)22-2)8-12-3-4-15-16(7-12)24-6-5-23-15/h3-4,7,10,13,17H,5-6,8-9,11H2,1-2H3/t13-,17+/m0/s1. The predicted octanol–water partition coefficient (Wildman–Crippen LogP) is 1.20. The van der Waals surface area contributed by atoms with Crippen LogP contribution in [0.1, 0.15) is 17.2 Å². The van der Waals surface area contributed by atoms with Crippen molar-refractivity contribution in [2.75, 3.05) is 33.4 Å².